The third-order valence-electron chi connectivity index (χ3n) is 5.55. The van der Waals surface area contributed by atoms with Crippen molar-refractivity contribution in [3.63, 3.8) is 0 Å². The maximum Gasteiger partial charge on any atom is 0.191 e. The maximum atomic E-state index is 5.43. The van der Waals surface area contributed by atoms with Gasteiger partial charge in [0, 0.05) is 55.3 Å². The second-order valence-electron chi connectivity index (χ2n) is 7.83. The Balaban J connectivity index is 0.00000256. The lowest BCUT2D eigenvalue weighted by Gasteiger charge is -2.33. The van der Waals surface area contributed by atoms with Gasteiger partial charge >= 0.3 is 0 Å². The molecule has 164 valence electrons. The van der Waals surface area contributed by atoms with Gasteiger partial charge in [-0.1, -0.05) is 18.2 Å². The van der Waals surface area contributed by atoms with E-state index >= 15 is 0 Å². The third kappa shape index (κ3) is 7.81. The first-order valence-corrected chi connectivity index (χ1v) is 11.8. The van der Waals surface area contributed by atoms with E-state index in [0.29, 0.717) is 6.04 Å². The summed E-state index contributed by atoms with van der Waals surface area (Å²) in [5.74, 6) is 2.95. The molecule has 0 unspecified atom stereocenters. The van der Waals surface area contributed by atoms with Crippen molar-refractivity contribution >= 4 is 41.7 Å². The van der Waals surface area contributed by atoms with Gasteiger partial charge in [0.15, 0.2) is 5.96 Å². The van der Waals surface area contributed by atoms with Crippen molar-refractivity contribution < 1.29 is 4.42 Å². The van der Waals surface area contributed by atoms with Gasteiger partial charge in [-0.3, -0.25) is 4.99 Å². The number of rotatable bonds is 9. The summed E-state index contributed by atoms with van der Waals surface area (Å²) in [7, 11) is 0. The van der Waals surface area contributed by atoms with Gasteiger partial charge in [-0.15, -0.1) is 35.7 Å². The molecule has 2 aromatic rings. The van der Waals surface area contributed by atoms with Gasteiger partial charge in [-0.05, 0) is 49.9 Å². The van der Waals surface area contributed by atoms with Gasteiger partial charge in [-0.25, -0.2) is 0 Å². The zero-order valence-corrected chi connectivity index (χ0v) is 20.6. The standard InChI is InChI=1S/C23H32N4OS.HI/c1-2-6-22(7-3-1)29-18-14-25-23(24-13-10-21-5-4-17-28-21)26-19-11-15-27(16-12-19)20-8-9-20;/h1-7,17,19-20H,8-16,18H2,(H2,24,25,26);1H. The molecule has 0 spiro atoms. The summed E-state index contributed by atoms with van der Waals surface area (Å²) in [5, 5.41) is 7.22. The Morgan fingerprint density at radius 3 is 2.57 bits per heavy atom. The zero-order chi connectivity index (χ0) is 19.7. The molecule has 5 nitrogen and oxygen atoms in total. The first kappa shape index (κ1) is 23.5. The minimum absolute atomic E-state index is 0. The van der Waals surface area contributed by atoms with Crippen molar-refractivity contribution in [2.24, 2.45) is 4.99 Å². The van der Waals surface area contributed by atoms with Crippen molar-refractivity contribution in [3.8, 4) is 0 Å². The normalized spacial score (nSPS) is 18.1. The number of nitrogens with one attached hydrogen (secondary N) is 2. The first-order valence-electron chi connectivity index (χ1n) is 10.9. The molecule has 1 aromatic heterocycles. The van der Waals surface area contributed by atoms with E-state index in [-0.39, 0.29) is 24.0 Å². The molecule has 4 rings (SSSR count). The summed E-state index contributed by atoms with van der Waals surface area (Å²) in [6.07, 6.45) is 7.77. The van der Waals surface area contributed by atoms with Crippen molar-refractivity contribution in [1.82, 2.24) is 15.5 Å². The average molecular weight is 541 g/mol. The minimum Gasteiger partial charge on any atom is -0.469 e. The number of hydrogen-bond acceptors (Lipinski definition) is 4. The molecule has 0 bridgehead atoms. The molecule has 1 aliphatic carbocycles. The molecule has 1 saturated carbocycles. The van der Waals surface area contributed by atoms with Gasteiger partial charge in [0.05, 0.1) is 6.26 Å². The van der Waals surface area contributed by atoms with Crippen molar-refractivity contribution in [3.05, 3.63) is 54.5 Å². The molecule has 1 saturated heterocycles. The molecule has 2 aliphatic rings. The van der Waals surface area contributed by atoms with Gasteiger partial charge < -0.3 is 20.0 Å². The number of likely N-dealkylation sites (tertiary alicyclic amines) is 1. The Kier molecular flexibility index (Phi) is 9.87. The molecule has 1 aliphatic heterocycles. The quantitative estimate of drug-likeness (QED) is 0.163. The molecule has 2 N–H and O–H groups in total. The highest BCUT2D eigenvalue weighted by Crippen LogP contribution is 2.29. The fourth-order valence-corrected chi connectivity index (χ4v) is 4.57. The Morgan fingerprint density at radius 1 is 1.07 bits per heavy atom. The van der Waals surface area contributed by atoms with E-state index in [0.717, 1.165) is 43.0 Å². The number of guanidine groups is 1. The fraction of sp³-hybridized carbons (Fsp3) is 0.522. The van der Waals surface area contributed by atoms with Crippen LogP contribution in [0.5, 0.6) is 0 Å². The molecule has 0 atom stereocenters. The van der Waals surface area contributed by atoms with E-state index < -0.39 is 0 Å². The smallest absolute Gasteiger partial charge is 0.191 e. The summed E-state index contributed by atoms with van der Waals surface area (Å²) < 4.78 is 5.43. The predicted molar refractivity (Wildman–Crippen MR) is 136 cm³/mol. The van der Waals surface area contributed by atoms with Crippen LogP contribution in [0.2, 0.25) is 0 Å². The zero-order valence-electron chi connectivity index (χ0n) is 17.5. The van der Waals surface area contributed by atoms with Gasteiger partial charge in [-0.2, -0.15) is 0 Å². The van der Waals surface area contributed by atoms with Crippen LogP contribution in [0.15, 0.2) is 63.0 Å². The highest BCUT2D eigenvalue weighted by atomic mass is 127. The monoisotopic (exact) mass is 540 g/mol. The van der Waals surface area contributed by atoms with E-state index in [2.05, 4.69) is 45.9 Å². The second-order valence-corrected chi connectivity index (χ2v) is 9.00. The predicted octanol–water partition coefficient (Wildman–Crippen LogP) is 4.39. The average Bonchev–Trinajstić information content (AvgIpc) is 3.48. The van der Waals surface area contributed by atoms with Crippen LogP contribution in [0.1, 0.15) is 31.4 Å². The number of furan rings is 1. The number of aliphatic imine (C=N–C) groups is 1. The van der Waals surface area contributed by atoms with E-state index in [1.807, 2.05) is 23.9 Å². The van der Waals surface area contributed by atoms with Crippen LogP contribution < -0.4 is 10.6 Å². The largest absolute Gasteiger partial charge is 0.469 e. The van der Waals surface area contributed by atoms with Gasteiger partial charge in [0.25, 0.3) is 0 Å². The summed E-state index contributed by atoms with van der Waals surface area (Å²) in [6.45, 7) is 4.06. The fourth-order valence-electron chi connectivity index (χ4n) is 3.78. The summed E-state index contributed by atoms with van der Waals surface area (Å²) in [6, 6.07) is 15.9. The minimum atomic E-state index is 0. The third-order valence-corrected chi connectivity index (χ3v) is 6.56. The van der Waals surface area contributed by atoms with E-state index in [9.17, 15) is 0 Å². The summed E-state index contributed by atoms with van der Waals surface area (Å²) >= 11 is 1.87. The number of hydrogen-bond donors (Lipinski definition) is 2. The highest BCUT2D eigenvalue weighted by Gasteiger charge is 2.31. The van der Waals surface area contributed by atoms with Gasteiger partial charge in [0.1, 0.15) is 5.76 Å². The SMILES string of the molecule is I.c1ccc(SCCNC(=NCCc2ccco2)NC2CCN(C3CC3)CC2)cc1. The number of nitrogens with zero attached hydrogens (tertiary/aromatic N) is 2. The van der Waals surface area contributed by atoms with Crippen LogP contribution in [0.3, 0.4) is 0 Å². The lowest BCUT2D eigenvalue weighted by atomic mass is 10.1. The van der Waals surface area contributed by atoms with E-state index in [4.69, 9.17) is 9.41 Å². The molecule has 2 heterocycles. The molecule has 2 fully saturated rings. The topological polar surface area (TPSA) is 52.8 Å². The van der Waals surface area contributed by atoms with Crippen LogP contribution in [-0.2, 0) is 6.42 Å². The molecule has 0 radical (unpaired) electrons. The molecule has 7 heteroatoms. The highest BCUT2D eigenvalue weighted by molar-refractivity contribution is 14.0. The second kappa shape index (κ2) is 12.6. The summed E-state index contributed by atoms with van der Waals surface area (Å²) in [5.41, 5.74) is 0. The summed E-state index contributed by atoms with van der Waals surface area (Å²) in [4.78, 5) is 8.79. The molecule has 0 amide bonds. The maximum absolute atomic E-state index is 5.43. The van der Waals surface area contributed by atoms with Crippen molar-refractivity contribution in [1.29, 1.82) is 0 Å². The number of thioether (sulfide) groups is 1. The Bertz CT molecular complexity index is 744. The lowest BCUT2D eigenvalue weighted by molar-refractivity contribution is 0.197. The Hall–Kier alpha value is -1.19. The van der Waals surface area contributed by atoms with Crippen LogP contribution in [0, 0.1) is 0 Å². The van der Waals surface area contributed by atoms with Crippen LogP contribution >= 0.6 is 35.7 Å². The molecule has 1 aromatic carbocycles. The molecular weight excluding hydrogens is 507 g/mol. The van der Waals surface area contributed by atoms with Crippen LogP contribution in [0.4, 0.5) is 0 Å². The van der Waals surface area contributed by atoms with E-state index in [1.165, 1.54) is 43.7 Å². The van der Waals surface area contributed by atoms with Crippen molar-refractivity contribution in [2.45, 2.75) is 49.1 Å². The number of piperidine rings is 1. The molecular formula is C23H33IN4OS. The molecule has 30 heavy (non-hydrogen) atoms. The van der Waals surface area contributed by atoms with Crippen LogP contribution in [0.25, 0.3) is 0 Å². The number of benzene rings is 1. The Labute approximate surface area is 201 Å². The van der Waals surface area contributed by atoms with Crippen LogP contribution in [-0.4, -0.2) is 54.9 Å². The Morgan fingerprint density at radius 2 is 1.87 bits per heavy atom. The number of halogens is 1. The van der Waals surface area contributed by atoms with Crippen molar-refractivity contribution in [2.75, 3.05) is 31.9 Å². The van der Waals surface area contributed by atoms with Gasteiger partial charge in [0.2, 0.25) is 0 Å². The first-order chi connectivity index (χ1) is 14.4. The lowest BCUT2D eigenvalue weighted by Crippen LogP contribution is -2.49. The van der Waals surface area contributed by atoms with E-state index in [1.54, 1.807) is 6.26 Å².